The fourth-order valence-electron chi connectivity index (χ4n) is 3.52. The topological polar surface area (TPSA) is 40.7 Å². The number of aryl methyl sites for hydroxylation is 2. The Morgan fingerprint density at radius 3 is 2.33 bits per heavy atom. The van der Waals surface area contributed by atoms with E-state index in [9.17, 15) is 0 Å². The fraction of sp³-hybridized carbons (Fsp3) is 0.208. The summed E-state index contributed by atoms with van der Waals surface area (Å²) in [6, 6.07) is 21.3. The van der Waals surface area contributed by atoms with E-state index in [1.807, 2.05) is 12.1 Å². The van der Waals surface area contributed by atoms with Gasteiger partial charge in [-0.2, -0.15) is 0 Å². The van der Waals surface area contributed by atoms with Crippen LogP contribution in [0.5, 0.6) is 0 Å². The Morgan fingerprint density at radius 2 is 1.48 bits per heavy atom. The molecule has 0 spiro atoms. The molecular weight excluding hydrogens is 330 g/mol. The van der Waals surface area contributed by atoms with Crippen LogP contribution < -0.4 is 5.32 Å². The zero-order valence-corrected chi connectivity index (χ0v) is 15.5. The Labute approximate surface area is 160 Å². The van der Waals surface area contributed by atoms with Gasteiger partial charge in [-0.3, -0.25) is 4.98 Å². The van der Waals surface area contributed by atoms with Crippen LogP contribution >= 0.6 is 0 Å². The highest BCUT2D eigenvalue weighted by molar-refractivity contribution is 5.83. The third-order valence-electron chi connectivity index (χ3n) is 5.01. The van der Waals surface area contributed by atoms with Gasteiger partial charge in [-0.15, -0.1) is 0 Å². The number of H-pyrrole nitrogens is 1. The van der Waals surface area contributed by atoms with Crippen LogP contribution in [0.2, 0.25) is 0 Å². The number of unbranched alkanes of at least 4 members (excludes halogenated alkanes) is 2. The highest BCUT2D eigenvalue weighted by Crippen LogP contribution is 2.21. The van der Waals surface area contributed by atoms with E-state index >= 15 is 0 Å². The fourth-order valence-corrected chi connectivity index (χ4v) is 3.52. The Balaban J connectivity index is 1.21. The number of aromatic amines is 1. The molecule has 0 saturated heterocycles. The van der Waals surface area contributed by atoms with Gasteiger partial charge in [0.25, 0.3) is 0 Å². The predicted molar refractivity (Wildman–Crippen MR) is 114 cm³/mol. The summed E-state index contributed by atoms with van der Waals surface area (Å²) in [5, 5.41) is 4.76. The molecule has 0 atom stereocenters. The van der Waals surface area contributed by atoms with Gasteiger partial charge < -0.3 is 10.3 Å². The van der Waals surface area contributed by atoms with E-state index in [-0.39, 0.29) is 0 Å². The van der Waals surface area contributed by atoms with Gasteiger partial charge in [0.2, 0.25) is 0 Å². The maximum absolute atomic E-state index is 4.04. The molecule has 0 amide bonds. The first-order chi connectivity index (χ1) is 13.4. The van der Waals surface area contributed by atoms with Gasteiger partial charge in [0, 0.05) is 40.9 Å². The molecule has 3 nitrogen and oxygen atoms in total. The van der Waals surface area contributed by atoms with Gasteiger partial charge in [-0.05, 0) is 67.1 Å². The summed E-state index contributed by atoms with van der Waals surface area (Å²) in [5.74, 6) is 0. The molecule has 4 aromatic rings. The Bertz CT molecular complexity index is 971. The molecule has 0 radical (unpaired) electrons. The lowest BCUT2D eigenvalue weighted by atomic mass is 10.0. The van der Waals surface area contributed by atoms with Crippen LogP contribution in [0.1, 0.15) is 30.4 Å². The molecule has 0 aliphatic heterocycles. The number of hydrogen-bond acceptors (Lipinski definition) is 2. The minimum atomic E-state index is 1.06. The van der Waals surface area contributed by atoms with Crippen LogP contribution in [0.4, 0.5) is 11.4 Å². The van der Waals surface area contributed by atoms with Crippen molar-refractivity contribution in [3.05, 3.63) is 90.4 Å². The minimum absolute atomic E-state index is 1.06. The molecule has 2 aromatic heterocycles. The average Bonchev–Trinajstić information content (AvgIpc) is 3.13. The molecule has 4 rings (SSSR count). The first-order valence-electron chi connectivity index (χ1n) is 9.69. The molecule has 2 N–H and O–H groups in total. The lowest BCUT2D eigenvalue weighted by Crippen LogP contribution is -1.92. The number of hydrogen-bond donors (Lipinski definition) is 2. The second-order valence-corrected chi connectivity index (χ2v) is 6.98. The number of nitrogens with zero attached hydrogens (tertiary/aromatic N) is 1. The summed E-state index contributed by atoms with van der Waals surface area (Å²) >= 11 is 0. The summed E-state index contributed by atoms with van der Waals surface area (Å²) in [5.41, 5.74) is 6.27. The summed E-state index contributed by atoms with van der Waals surface area (Å²) in [6.45, 7) is 0. The van der Waals surface area contributed by atoms with Crippen molar-refractivity contribution < 1.29 is 0 Å². The van der Waals surface area contributed by atoms with E-state index in [1.165, 1.54) is 41.3 Å². The number of fused-ring (bicyclic) bond motifs is 1. The molecular formula is C24H25N3. The second-order valence-electron chi connectivity index (χ2n) is 6.98. The van der Waals surface area contributed by atoms with Crippen molar-refractivity contribution >= 4 is 22.3 Å². The smallest absolute Gasteiger partial charge is 0.0456 e. The summed E-state index contributed by atoms with van der Waals surface area (Å²) in [4.78, 5) is 7.41. The van der Waals surface area contributed by atoms with E-state index < -0.39 is 0 Å². The van der Waals surface area contributed by atoms with E-state index in [0.717, 1.165) is 24.2 Å². The minimum Gasteiger partial charge on any atom is -0.361 e. The van der Waals surface area contributed by atoms with Crippen LogP contribution in [0.25, 0.3) is 10.9 Å². The molecule has 0 aliphatic rings. The molecule has 0 fully saturated rings. The highest BCUT2D eigenvalue weighted by atomic mass is 14.9. The molecule has 2 heterocycles. The molecule has 0 unspecified atom stereocenters. The first-order valence-corrected chi connectivity index (χ1v) is 9.69. The standard InChI is InChI=1S/C24H25N3/c1(3-7-20-18-26-24-9-5-4-8-23(20)24)2-6-19-10-12-21(13-11-19)27-22-14-16-25-17-15-22/h4-5,8-18,26H,1-3,6-7H2,(H,25,27). The molecule has 27 heavy (non-hydrogen) atoms. The highest BCUT2D eigenvalue weighted by Gasteiger charge is 2.02. The van der Waals surface area contributed by atoms with Gasteiger partial charge in [-0.25, -0.2) is 0 Å². The van der Waals surface area contributed by atoms with Crippen LogP contribution in [-0.2, 0) is 12.8 Å². The largest absolute Gasteiger partial charge is 0.361 e. The maximum atomic E-state index is 4.04. The van der Waals surface area contributed by atoms with E-state index in [4.69, 9.17) is 0 Å². The van der Waals surface area contributed by atoms with Gasteiger partial charge in [0.1, 0.15) is 0 Å². The van der Waals surface area contributed by atoms with E-state index in [1.54, 1.807) is 12.4 Å². The number of anilines is 2. The van der Waals surface area contributed by atoms with Crippen LogP contribution in [-0.4, -0.2) is 9.97 Å². The summed E-state index contributed by atoms with van der Waals surface area (Å²) in [6.07, 6.45) is 11.8. The van der Waals surface area contributed by atoms with Gasteiger partial charge in [-0.1, -0.05) is 36.8 Å². The quantitative estimate of drug-likeness (QED) is 0.366. The summed E-state index contributed by atoms with van der Waals surface area (Å²) in [7, 11) is 0. The maximum Gasteiger partial charge on any atom is 0.0456 e. The number of benzene rings is 2. The zero-order valence-electron chi connectivity index (χ0n) is 15.5. The second kappa shape index (κ2) is 8.54. The SMILES string of the molecule is c1ccc2c(CCCCCc3ccc(Nc4ccncc4)cc3)c[nH]c2c1. The molecule has 0 bridgehead atoms. The zero-order chi connectivity index (χ0) is 18.3. The number of pyridine rings is 1. The molecule has 2 aromatic carbocycles. The number of nitrogens with one attached hydrogen (secondary N) is 2. The van der Waals surface area contributed by atoms with Crippen LogP contribution in [0, 0.1) is 0 Å². The van der Waals surface area contributed by atoms with E-state index in [0.29, 0.717) is 0 Å². The molecule has 0 saturated carbocycles. The first kappa shape index (κ1) is 17.3. The van der Waals surface area contributed by atoms with Crippen molar-refractivity contribution in [3.63, 3.8) is 0 Å². The van der Waals surface area contributed by atoms with Crippen molar-refractivity contribution in [2.75, 3.05) is 5.32 Å². The Kier molecular flexibility index (Phi) is 5.49. The lowest BCUT2D eigenvalue weighted by Gasteiger charge is -2.07. The van der Waals surface area contributed by atoms with E-state index in [2.05, 4.69) is 70.0 Å². The third kappa shape index (κ3) is 4.56. The van der Waals surface area contributed by atoms with Crippen LogP contribution in [0.15, 0.2) is 79.3 Å². The van der Waals surface area contributed by atoms with Crippen molar-refractivity contribution in [2.24, 2.45) is 0 Å². The van der Waals surface area contributed by atoms with Gasteiger partial charge in [0.05, 0.1) is 0 Å². The van der Waals surface area contributed by atoms with Crippen molar-refractivity contribution in [1.29, 1.82) is 0 Å². The molecule has 136 valence electrons. The van der Waals surface area contributed by atoms with Crippen LogP contribution in [0.3, 0.4) is 0 Å². The van der Waals surface area contributed by atoms with Gasteiger partial charge in [0.15, 0.2) is 0 Å². The third-order valence-corrected chi connectivity index (χ3v) is 5.01. The van der Waals surface area contributed by atoms with Crippen molar-refractivity contribution in [2.45, 2.75) is 32.1 Å². The average molecular weight is 355 g/mol. The normalized spacial score (nSPS) is 11.0. The monoisotopic (exact) mass is 355 g/mol. The van der Waals surface area contributed by atoms with Crippen molar-refractivity contribution in [3.8, 4) is 0 Å². The molecule has 0 aliphatic carbocycles. The van der Waals surface area contributed by atoms with Gasteiger partial charge >= 0.3 is 0 Å². The van der Waals surface area contributed by atoms with Crippen molar-refractivity contribution in [1.82, 2.24) is 9.97 Å². The Hall–Kier alpha value is -3.07. The number of para-hydroxylation sites is 1. The Morgan fingerprint density at radius 1 is 0.741 bits per heavy atom. The molecule has 3 heteroatoms. The lowest BCUT2D eigenvalue weighted by molar-refractivity contribution is 0.680. The predicted octanol–water partition coefficient (Wildman–Crippen LogP) is 6.26. The summed E-state index contributed by atoms with van der Waals surface area (Å²) < 4.78 is 0. The number of rotatable bonds is 8. The number of aromatic nitrogens is 2.